The molecule has 0 bridgehead atoms. The molecule has 23 heavy (non-hydrogen) atoms. The van der Waals surface area contributed by atoms with Crippen molar-refractivity contribution in [3.8, 4) is 0 Å². The number of hydrogen-bond donors (Lipinski definition) is 0. The summed E-state index contributed by atoms with van der Waals surface area (Å²) >= 11 is 0. The summed E-state index contributed by atoms with van der Waals surface area (Å²) in [5.41, 5.74) is 0. The van der Waals surface area contributed by atoms with Crippen molar-refractivity contribution in [1.82, 2.24) is 4.90 Å². The first kappa shape index (κ1) is 22.4. The van der Waals surface area contributed by atoms with Crippen LogP contribution in [-0.4, -0.2) is 43.8 Å². The lowest BCUT2D eigenvalue weighted by Gasteiger charge is -2.29. The predicted octanol–water partition coefficient (Wildman–Crippen LogP) is 3.76. The highest BCUT2D eigenvalue weighted by Gasteiger charge is 2.26. The molecule has 2 fully saturated rings. The van der Waals surface area contributed by atoms with Crippen LogP contribution < -0.4 is 0 Å². The van der Waals surface area contributed by atoms with Gasteiger partial charge < -0.3 is 4.90 Å². The first-order valence-corrected chi connectivity index (χ1v) is 11.0. The lowest BCUT2D eigenvalue weighted by atomic mass is 9.93. The summed E-state index contributed by atoms with van der Waals surface area (Å²) in [6.07, 6.45) is 4.32. The minimum Gasteiger partial charge on any atom is -0.343 e. The standard InChI is InChI=1S/C8H15NO.C8H16O2S.C2H6/c1-7-3-5-9(6-4-7)8(2)10;1-7(2)8-4-3-5-11(9,10)6-8;1-2/h7H,3-6H2,1-2H3;7-8H,3-6H2,1-2H3;1-2H3. The number of amides is 1. The maximum Gasteiger partial charge on any atom is 0.219 e. The molecule has 2 aliphatic heterocycles. The molecule has 5 heteroatoms. The second-order valence-electron chi connectivity index (χ2n) is 6.95. The number of carbonyl (C=O) groups is 1. The fraction of sp³-hybridized carbons (Fsp3) is 0.944. The minimum absolute atomic E-state index is 0.229. The molecule has 1 atom stereocenters. The van der Waals surface area contributed by atoms with Gasteiger partial charge in [0.15, 0.2) is 9.84 Å². The van der Waals surface area contributed by atoms with Crippen LogP contribution in [-0.2, 0) is 14.6 Å². The Labute approximate surface area is 143 Å². The summed E-state index contributed by atoms with van der Waals surface area (Å²) in [7, 11) is -2.68. The van der Waals surface area contributed by atoms with E-state index in [-0.39, 0.29) is 5.91 Å². The van der Waals surface area contributed by atoms with Crippen molar-refractivity contribution in [3.05, 3.63) is 0 Å². The fourth-order valence-electron chi connectivity index (χ4n) is 2.91. The average molecular weight is 348 g/mol. The highest BCUT2D eigenvalue weighted by Crippen LogP contribution is 2.24. The van der Waals surface area contributed by atoms with E-state index in [4.69, 9.17) is 0 Å². The number of carbonyl (C=O) groups excluding carboxylic acids is 1. The summed E-state index contributed by atoms with van der Waals surface area (Å²) in [6.45, 7) is 14.0. The van der Waals surface area contributed by atoms with Gasteiger partial charge in [-0.05, 0) is 43.4 Å². The van der Waals surface area contributed by atoms with Crippen LogP contribution in [0.25, 0.3) is 0 Å². The molecular formula is C18H37NO3S. The molecule has 0 aromatic carbocycles. The van der Waals surface area contributed by atoms with Crippen molar-refractivity contribution in [2.24, 2.45) is 17.8 Å². The van der Waals surface area contributed by atoms with E-state index in [0.717, 1.165) is 31.8 Å². The Bertz CT molecular complexity index is 424. The minimum atomic E-state index is -2.68. The molecule has 2 rings (SSSR count). The second-order valence-corrected chi connectivity index (χ2v) is 9.18. The molecule has 2 heterocycles. The van der Waals surface area contributed by atoms with Gasteiger partial charge in [0.2, 0.25) is 5.91 Å². The van der Waals surface area contributed by atoms with E-state index < -0.39 is 9.84 Å². The van der Waals surface area contributed by atoms with Crippen LogP contribution in [0.15, 0.2) is 0 Å². The normalized spacial score (nSPS) is 24.1. The Kier molecular flexibility index (Phi) is 10.8. The summed E-state index contributed by atoms with van der Waals surface area (Å²) < 4.78 is 22.3. The van der Waals surface area contributed by atoms with Gasteiger partial charge in [-0.25, -0.2) is 8.42 Å². The third kappa shape index (κ3) is 9.33. The van der Waals surface area contributed by atoms with Crippen molar-refractivity contribution in [2.45, 2.75) is 67.2 Å². The Morgan fingerprint density at radius 3 is 1.96 bits per heavy atom. The zero-order chi connectivity index (χ0) is 18.0. The van der Waals surface area contributed by atoms with E-state index in [1.165, 1.54) is 12.8 Å². The zero-order valence-corrected chi connectivity index (χ0v) is 16.8. The second kappa shape index (κ2) is 11.1. The molecule has 0 aliphatic carbocycles. The maximum absolute atomic E-state index is 11.2. The summed E-state index contributed by atoms with van der Waals surface area (Å²) in [5, 5.41) is 0. The van der Waals surface area contributed by atoms with Gasteiger partial charge in [0.05, 0.1) is 11.5 Å². The van der Waals surface area contributed by atoms with Crippen LogP contribution in [0.4, 0.5) is 0 Å². The molecule has 1 amide bonds. The molecule has 4 nitrogen and oxygen atoms in total. The van der Waals surface area contributed by atoms with Gasteiger partial charge in [0, 0.05) is 20.0 Å². The number of hydrogen-bond acceptors (Lipinski definition) is 3. The Morgan fingerprint density at radius 2 is 1.61 bits per heavy atom. The van der Waals surface area contributed by atoms with Gasteiger partial charge in [-0.3, -0.25) is 4.79 Å². The number of piperidine rings is 1. The molecule has 0 radical (unpaired) electrons. The first-order valence-electron chi connectivity index (χ1n) is 9.17. The predicted molar refractivity (Wildman–Crippen MR) is 98.2 cm³/mol. The van der Waals surface area contributed by atoms with Gasteiger partial charge in [-0.1, -0.05) is 34.6 Å². The van der Waals surface area contributed by atoms with Gasteiger partial charge in [-0.2, -0.15) is 0 Å². The van der Waals surface area contributed by atoms with Gasteiger partial charge in [0.25, 0.3) is 0 Å². The van der Waals surface area contributed by atoms with Crippen molar-refractivity contribution < 1.29 is 13.2 Å². The third-order valence-corrected chi connectivity index (χ3v) is 6.52. The molecule has 2 aliphatic rings. The van der Waals surface area contributed by atoms with Crippen LogP contribution in [0.5, 0.6) is 0 Å². The SMILES string of the molecule is CC.CC(=O)N1CCC(C)CC1.CC(C)C1CCCS(=O)(=O)C1. The number of nitrogens with zero attached hydrogens (tertiary/aromatic N) is 1. The quantitative estimate of drug-likeness (QED) is 0.726. The topological polar surface area (TPSA) is 54.5 Å². The van der Waals surface area contributed by atoms with E-state index in [2.05, 4.69) is 20.8 Å². The number of sulfone groups is 1. The van der Waals surface area contributed by atoms with E-state index in [1.54, 1.807) is 6.92 Å². The van der Waals surface area contributed by atoms with E-state index >= 15 is 0 Å². The van der Waals surface area contributed by atoms with Crippen molar-refractivity contribution >= 4 is 15.7 Å². The molecule has 0 N–H and O–H groups in total. The molecule has 0 saturated carbocycles. The van der Waals surface area contributed by atoms with Crippen molar-refractivity contribution in [3.63, 3.8) is 0 Å². The lowest BCUT2D eigenvalue weighted by molar-refractivity contribution is -0.130. The number of rotatable bonds is 1. The molecule has 1 unspecified atom stereocenters. The van der Waals surface area contributed by atoms with Gasteiger partial charge >= 0.3 is 0 Å². The van der Waals surface area contributed by atoms with Crippen LogP contribution in [0.2, 0.25) is 0 Å². The smallest absolute Gasteiger partial charge is 0.219 e. The monoisotopic (exact) mass is 347 g/mol. The largest absolute Gasteiger partial charge is 0.343 e. The first-order chi connectivity index (χ1) is 10.7. The molecule has 0 spiro atoms. The van der Waals surface area contributed by atoms with E-state index in [1.807, 2.05) is 18.7 Å². The van der Waals surface area contributed by atoms with E-state index in [0.29, 0.717) is 23.3 Å². The highest BCUT2D eigenvalue weighted by atomic mass is 32.2. The Balaban J connectivity index is 0.000000381. The summed E-state index contributed by atoms with van der Waals surface area (Å²) in [4.78, 5) is 12.8. The molecule has 0 aromatic rings. The van der Waals surface area contributed by atoms with E-state index in [9.17, 15) is 13.2 Å². The van der Waals surface area contributed by atoms with Crippen LogP contribution in [0, 0.1) is 17.8 Å². The third-order valence-electron chi connectivity index (χ3n) is 4.67. The maximum atomic E-state index is 11.2. The molecule has 0 aromatic heterocycles. The molecular weight excluding hydrogens is 310 g/mol. The van der Waals surface area contributed by atoms with Crippen molar-refractivity contribution in [1.29, 1.82) is 0 Å². The molecule has 138 valence electrons. The summed E-state index contributed by atoms with van der Waals surface area (Å²) in [6, 6.07) is 0. The lowest BCUT2D eigenvalue weighted by Crippen LogP contribution is -2.36. The van der Waals surface area contributed by atoms with Crippen LogP contribution in [0.3, 0.4) is 0 Å². The van der Waals surface area contributed by atoms with Crippen molar-refractivity contribution in [2.75, 3.05) is 24.6 Å². The summed E-state index contributed by atoms with van der Waals surface area (Å²) in [5.74, 6) is 2.81. The number of likely N-dealkylation sites (tertiary alicyclic amines) is 1. The van der Waals surface area contributed by atoms with Gasteiger partial charge in [0.1, 0.15) is 0 Å². The van der Waals surface area contributed by atoms with Crippen LogP contribution in [0.1, 0.15) is 67.2 Å². The molecule has 2 saturated heterocycles. The van der Waals surface area contributed by atoms with Crippen LogP contribution >= 0.6 is 0 Å². The Morgan fingerprint density at radius 1 is 1.09 bits per heavy atom. The fourth-order valence-corrected chi connectivity index (χ4v) is 4.88. The van der Waals surface area contributed by atoms with Gasteiger partial charge in [-0.15, -0.1) is 0 Å². The zero-order valence-electron chi connectivity index (χ0n) is 16.0. The average Bonchev–Trinajstić information content (AvgIpc) is 2.49. The highest BCUT2D eigenvalue weighted by molar-refractivity contribution is 7.91. The Hall–Kier alpha value is -0.580.